The molecule has 1 aliphatic carbocycles. The van der Waals surface area contributed by atoms with Crippen LogP contribution in [0.3, 0.4) is 0 Å². The van der Waals surface area contributed by atoms with E-state index in [1.165, 1.54) is 0 Å². The van der Waals surface area contributed by atoms with Crippen LogP contribution in [0.4, 0.5) is 5.69 Å². The molecule has 4 heterocycles. The summed E-state index contributed by atoms with van der Waals surface area (Å²) in [6, 6.07) is 4.16. The highest BCUT2D eigenvalue weighted by atomic mass is 16.5. The minimum Gasteiger partial charge on any atom is -0.380 e. The van der Waals surface area contributed by atoms with Gasteiger partial charge in [-0.25, -0.2) is 0 Å². The molecule has 4 aliphatic rings. The van der Waals surface area contributed by atoms with Crippen LogP contribution < -0.4 is 10.6 Å². The highest BCUT2D eigenvalue weighted by Gasteiger charge is 2.47. The van der Waals surface area contributed by atoms with E-state index in [4.69, 9.17) is 4.74 Å². The molecule has 0 spiro atoms. The van der Waals surface area contributed by atoms with Crippen LogP contribution in [0.2, 0.25) is 0 Å². The Kier molecular flexibility index (Phi) is 6.65. The topological polar surface area (TPSA) is 143 Å². The molecule has 0 bridgehead atoms. The number of imide groups is 2. The lowest BCUT2D eigenvalue weighted by Crippen LogP contribution is -2.56. The molecule has 6 rings (SSSR count). The summed E-state index contributed by atoms with van der Waals surface area (Å²) < 4.78 is 7.50. The number of fused-ring (bicyclic) bond motifs is 1. The zero-order chi connectivity index (χ0) is 28.0. The van der Waals surface area contributed by atoms with Crippen LogP contribution in [0.15, 0.2) is 30.6 Å². The van der Waals surface area contributed by atoms with Crippen molar-refractivity contribution in [1.29, 1.82) is 0 Å². The number of carbonyl (C=O) groups is 5. The Morgan fingerprint density at radius 1 is 1.12 bits per heavy atom. The molecule has 1 atom stereocenters. The van der Waals surface area contributed by atoms with Crippen LogP contribution >= 0.6 is 0 Å². The standard InChI is InChI=1S/C28H32N6O6/c1-40-28(10-3-11-28)27(39)32-12-8-18(9-13-32)33-16-17(15-30-33)14-29-20-5-2-4-19-23(20)26(38)34(25(19)37)21-6-7-22(35)31-24(21)36/h2,4-5,15-16,18,21,29H,3,6-14H2,1H3,(H,31,35,36). The van der Waals surface area contributed by atoms with Crippen molar-refractivity contribution >= 4 is 35.2 Å². The van der Waals surface area contributed by atoms with Gasteiger partial charge >= 0.3 is 0 Å². The van der Waals surface area contributed by atoms with Gasteiger partial charge in [-0.1, -0.05) is 6.07 Å². The fourth-order valence-electron chi connectivity index (χ4n) is 6.15. The Morgan fingerprint density at radius 3 is 2.58 bits per heavy atom. The van der Waals surface area contributed by atoms with Crippen molar-refractivity contribution in [3.05, 3.63) is 47.3 Å². The van der Waals surface area contributed by atoms with Crippen molar-refractivity contribution in [2.45, 2.75) is 69.2 Å². The monoisotopic (exact) mass is 548 g/mol. The van der Waals surface area contributed by atoms with Crippen molar-refractivity contribution < 1.29 is 28.7 Å². The number of anilines is 1. The zero-order valence-electron chi connectivity index (χ0n) is 22.4. The van der Waals surface area contributed by atoms with E-state index in [1.54, 1.807) is 31.5 Å². The van der Waals surface area contributed by atoms with E-state index in [2.05, 4.69) is 15.7 Å². The molecule has 2 aromatic rings. The van der Waals surface area contributed by atoms with E-state index < -0.39 is 35.3 Å². The van der Waals surface area contributed by atoms with Crippen LogP contribution in [-0.4, -0.2) is 81.0 Å². The van der Waals surface area contributed by atoms with E-state index in [0.29, 0.717) is 25.3 Å². The zero-order valence-corrected chi connectivity index (χ0v) is 22.4. The van der Waals surface area contributed by atoms with Crippen LogP contribution in [-0.2, 0) is 25.7 Å². The van der Waals surface area contributed by atoms with Gasteiger partial charge in [0.1, 0.15) is 11.6 Å². The van der Waals surface area contributed by atoms with E-state index in [9.17, 15) is 24.0 Å². The first-order valence-electron chi connectivity index (χ1n) is 13.8. The number of hydrogen-bond acceptors (Lipinski definition) is 8. The number of benzene rings is 1. The number of likely N-dealkylation sites (tertiary alicyclic amines) is 1. The minimum atomic E-state index is -1.01. The highest BCUT2D eigenvalue weighted by molar-refractivity contribution is 6.25. The van der Waals surface area contributed by atoms with Gasteiger partial charge in [0.25, 0.3) is 17.7 Å². The van der Waals surface area contributed by atoms with Gasteiger partial charge in [-0.05, 0) is 50.7 Å². The second-order valence-corrected chi connectivity index (χ2v) is 10.9. The first-order valence-corrected chi connectivity index (χ1v) is 13.8. The molecule has 1 saturated carbocycles. The van der Waals surface area contributed by atoms with Crippen molar-refractivity contribution in [3.63, 3.8) is 0 Å². The van der Waals surface area contributed by atoms with Gasteiger partial charge in [-0.2, -0.15) is 5.10 Å². The van der Waals surface area contributed by atoms with Gasteiger partial charge < -0.3 is 15.0 Å². The molecule has 5 amide bonds. The molecule has 3 fully saturated rings. The molecule has 2 saturated heterocycles. The highest BCUT2D eigenvalue weighted by Crippen LogP contribution is 2.38. The third-order valence-corrected chi connectivity index (χ3v) is 8.67. The summed E-state index contributed by atoms with van der Waals surface area (Å²) in [6.07, 6.45) is 8.12. The number of piperidine rings is 2. The van der Waals surface area contributed by atoms with Gasteiger partial charge in [-0.3, -0.25) is 38.9 Å². The molecule has 1 unspecified atom stereocenters. The summed E-state index contributed by atoms with van der Waals surface area (Å²) in [5.41, 5.74) is 1.23. The second-order valence-electron chi connectivity index (χ2n) is 10.9. The Hall–Kier alpha value is -4.06. The maximum Gasteiger partial charge on any atom is 0.264 e. The third-order valence-electron chi connectivity index (χ3n) is 8.67. The summed E-state index contributed by atoms with van der Waals surface area (Å²) in [5.74, 6) is -2.03. The molecular formula is C28H32N6O6. The van der Waals surface area contributed by atoms with Crippen molar-refractivity contribution in [2.24, 2.45) is 0 Å². The quantitative estimate of drug-likeness (QED) is 0.497. The predicted octanol–water partition coefficient (Wildman–Crippen LogP) is 1.63. The molecule has 40 heavy (non-hydrogen) atoms. The summed E-state index contributed by atoms with van der Waals surface area (Å²) in [5, 5.41) is 10.0. The number of carbonyl (C=O) groups excluding carboxylic acids is 5. The van der Waals surface area contributed by atoms with E-state index >= 15 is 0 Å². The Labute approximate surface area is 231 Å². The smallest absolute Gasteiger partial charge is 0.264 e. The lowest BCUT2D eigenvalue weighted by atomic mass is 9.78. The summed E-state index contributed by atoms with van der Waals surface area (Å²) >= 11 is 0. The van der Waals surface area contributed by atoms with Gasteiger partial charge in [0.15, 0.2) is 0 Å². The number of nitrogens with zero attached hydrogens (tertiary/aromatic N) is 4. The van der Waals surface area contributed by atoms with Crippen molar-refractivity contribution in [3.8, 4) is 0 Å². The second kappa shape index (κ2) is 10.2. The number of aromatic nitrogens is 2. The first kappa shape index (κ1) is 26.2. The van der Waals surface area contributed by atoms with Crippen molar-refractivity contribution in [2.75, 3.05) is 25.5 Å². The Morgan fingerprint density at radius 2 is 1.90 bits per heavy atom. The average molecular weight is 549 g/mol. The number of amides is 5. The molecule has 0 radical (unpaired) electrons. The lowest BCUT2D eigenvalue weighted by Gasteiger charge is -2.44. The Balaban J connectivity index is 1.09. The normalized spacial score (nSPS) is 22.7. The maximum atomic E-state index is 13.3. The molecular weight excluding hydrogens is 516 g/mol. The van der Waals surface area contributed by atoms with Gasteiger partial charge in [0.05, 0.1) is 23.4 Å². The summed E-state index contributed by atoms with van der Waals surface area (Å²) in [7, 11) is 1.62. The average Bonchev–Trinajstić information content (AvgIpc) is 3.50. The third kappa shape index (κ3) is 4.36. The number of nitrogens with one attached hydrogen (secondary N) is 2. The van der Waals surface area contributed by atoms with E-state index in [-0.39, 0.29) is 35.9 Å². The summed E-state index contributed by atoms with van der Waals surface area (Å²) in [4.78, 5) is 66.1. The maximum absolute atomic E-state index is 13.3. The van der Waals surface area contributed by atoms with Crippen molar-refractivity contribution in [1.82, 2.24) is 24.9 Å². The number of rotatable bonds is 7. The Bertz CT molecular complexity index is 1380. The SMILES string of the molecule is COC1(C(=O)N2CCC(n3cc(CNc4cccc5c4C(=O)N(C4CCC(=O)NC4=O)C5=O)cn3)CC2)CCC1. The number of ether oxygens (including phenoxy) is 1. The molecule has 12 heteroatoms. The molecule has 12 nitrogen and oxygen atoms in total. The largest absolute Gasteiger partial charge is 0.380 e. The first-order chi connectivity index (χ1) is 19.3. The molecule has 1 aromatic carbocycles. The fraction of sp³-hybridized carbons (Fsp3) is 0.500. The van der Waals surface area contributed by atoms with Gasteiger partial charge in [0.2, 0.25) is 11.8 Å². The summed E-state index contributed by atoms with van der Waals surface area (Å²) in [6.45, 7) is 1.71. The fourth-order valence-corrected chi connectivity index (χ4v) is 6.15. The molecule has 210 valence electrons. The molecule has 1 aromatic heterocycles. The van der Waals surface area contributed by atoms with Gasteiger partial charge in [-0.15, -0.1) is 0 Å². The molecule has 2 N–H and O–H groups in total. The van der Waals surface area contributed by atoms with Crippen LogP contribution in [0, 0.1) is 0 Å². The minimum absolute atomic E-state index is 0.0716. The van der Waals surface area contributed by atoms with Crippen LogP contribution in [0.5, 0.6) is 0 Å². The predicted molar refractivity (Wildman–Crippen MR) is 141 cm³/mol. The number of hydrogen-bond donors (Lipinski definition) is 2. The van der Waals surface area contributed by atoms with Crippen LogP contribution in [0.1, 0.15) is 77.3 Å². The lowest BCUT2D eigenvalue weighted by molar-refractivity contribution is -0.167. The number of methoxy groups -OCH3 is 1. The van der Waals surface area contributed by atoms with E-state index in [0.717, 1.165) is 42.6 Å². The molecule has 3 aliphatic heterocycles. The van der Waals surface area contributed by atoms with Gasteiger partial charge in [0, 0.05) is 50.6 Å². The van der Waals surface area contributed by atoms with Crippen LogP contribution in [0.25, 0.3) is 0 Å². The van der Waals surface area contributed by atoms with E-state index in [1.807, 2.05) is 15.8 Å².